The molecule has 4 amide bonds. The van der Waals surface area contributed by atoms with Crippen molar-refractivity contribution in [2.24, 2.45) is 0 Å². The molecule has 21 heteroatoms. The highest BCUT2D eigenvalue weighted by Gasteiger charge is 2.31. The van der Waals surface area contributed by atoms with Gasteiger partial charge < -0.3 is 30.7 Å². The van der Waals surface area contributed by atoms with Gasteiger partial charge in [0.25, 0.3) is 0 Å². The van der Waals surface area contributed by atoms with E-state index in [9.17, 15) is 33.1 Å². The summed E-state index contributed by atoms with van der Waals surface area (Å²) >= 11 is 0. The molecule has 0 spiro atoms. The second-order valence-electron chi connectivity index (χ2n) is 32.7. The number of unbranched alkanes of at least 4 members (excludes halogenated alkanes) is 48. The molecule has 0 aliphatic carbocycles. The maximum atomic E-state index is 14.3. The van der Waals surface area contributed by atoms with Crippen molar-refractivity contribution in [3.05, 3.63) is 25.3 Å². The fraction of sp³-hybridized carbons (Fsp3) is 0.903. The lowest BCUT2D eigenvalue weighted by Crippen LogP contribution is -2.39. The molecule has 0 aliphatic rings. The summed E-state index contributed by atoms with van der Waals surface area (Å²) in [7, 11) is -8.56. The number of phosphoric acid groups is 2. The van der Waals surface area contributed by atoms with E-state index in [2.05, 4.69) is 76.0 Å². The third-order valence-corrected chi connectivity index (χ3v) is 24.4. The van der Waals surface area contributed by atoms with E-state index in [0.717, 1.165) is 141 Å². The minimum atomic E-state index is -4.28. The Balaban J connectivity index is 6.10. The Labute approximate surface area is 700 Å². The van der Waals surface area contributed by atoms with Crippen LogP contribution in [0.2, 0.25) is 0 Å². The van der Waals surface area contributed by atoms with Crippen molar-refractivity contribution in [2.75, 3.05) is 52.7 Å². The Morgan fingerprint density at radius 1 is 0.289 bits per heavy atom. The van der Waals surface area contributed by atoms with Crippen LogP contribution in [0.3, 0.4) is 0 Å². The molecule has 0 aromatic heterocycles. The first kappa shape index (κ1) is 111. The second-order valence-corrected chi connectivity index (χ2v) is 36.0. The third-order valence-electron chi connectivity index (χ3n) is 21.6. The van der Waals surface area contributed by atoms with Gasteiger partial charge in [0.05, 0.1) is 51.7 Å². The molecule has 0 aromatic carbocycles. The largest absolute Gasteiger partial charge is 0.475 e. The first-order chi connectivity index (χ1) is 55.6. The number of carbonyl (C=O) groups excluding carboxylic acids is 5. The van der Waals surface area contributed by atoms with Gasteiger partial charge in [0.2, 0.25) is 11.8 Å². The van der Waals surface area contributed by atoms with Gasteiger partial charge in [0.1, 0.15) is 12.2 Å². The highest BCUT2D eigenvalue weighted by molar-refractivity contribution is 7.48. The summed E-state index contributed by atoms with van der Waals surface area (Å²) < 4.78 is 75.9. The van der Waals surface area contributed by atoms with E-state index in [1.807, 2.05) is 0 Å². The molecule has 0 radical (unpaired) electrons. The average Bonchev–Trinajstić information content (AvgIpc) is 0.889. The number of hydrogen-bond donors (Lipinski definition) is 4. The van der Waals surface area contributed by atoms with Crippen molar-refractivity contribution in [3.63, 3.8) is 0 Å². The molecular formula is C93H180N4O15P2. The van der Waals surface area contributed by atoms with Gasteiger partial charge in [0.15, 0.2) is 0 Å². The average molecular weight is 1660 g/mol. The maximum Gasteiger partial charge on any atom is 0.475 e. The Kier molecular flexibility index (Phi) is 82.5. The summed E-state index contributed by atoms with van der Waals surface area (Å²) in [5.41, 5.74) is 0. The summed E-state index contributed by atoms with van der Waals surface area (Å²) in [6.07, 6.45) is 71.9. The maximum absolute atomic E-state index is 14.3. The summed E-state index contributed by atoms with van der Waals surface area (Å²) in [6.45, 7) is 19.5. The monoisotopic (exact) mass is 1660 g/mol. The van der Waals surface area contributed by atoms with E-state index in [4.69, 9.17) is 36.6 Å². The zero-order valence-electron chi connectivity index (χ0n) is 74.7. The van der Waals surface area contributed by atoms with Crippen LogP contribution >= 0.6 is 15.6 Å². The molecule has 0 bridgehead atoms. The van der Waals surface area contributed by atoms with Crippen LogP contribution in [0.25, 0.3) is 0 Å². The molecule has 0 fully saturated rings. The molecule has 0 rings (SSSR count). The van der Waals surface area contributed by atoms with Crippen LogP contribution in [0.4, 0.5) is 4.79 Å². The minimum absolute atomic E-state index is 0.105. The predicted molar refractivity (Wildman–Crippen MR) is 475 cm³/mol. The van der Waals surface area contributed by atoms with Gasteiger partial charge in [-0.3, -0.25) is 46.3 Å². The summed E-state index contributed by atoms with van der Waals surface area (Å²) in [5, 5.41) is 11.7. The molecule has 6 unspecified atom stereocenters. The van der Waals surface area contributed by atoms with Crippen LogP contribution in [0, 0.1) is 0 Å². The van der Waals surface area contributed by atoms with Crippen LogP contribution in [0.5, 0.6) is 0 Å². The zero-order chi connectivity index (χ0) is 83.4. The van der Waals surface area contributed by atoms with Crippen molar-refractivity contribution in [1.82, 2.24) is 21.3 Å². The quantitative estimate of drug-likeness (QED) is 0.0192. The number of esters is 2. The van der Waals surface area contributed by atoms with E-state index in [1.165, 1.54) is 230 Å². The number of urea groups is 1. The molecule has 0 saturated heterocycles. The fourth-order valence-electron chi connectivity index (χ4n) is 14.5. The number of ether oxygens (including phenoxy) is 2. The minimum Gasteiger partial charge on any atom is -0.462 e. The van der Waals surface area contributed by atoms with Crippen molar-refractivity contribution in [2.45, 2.75) is 490 Å². The van der Waals surface area contributed by atoms with Crippen molar-refractivity contribution >= 4 is 45.4 Å². The molecule has 672 valence electrons. The smallest absolute Gasteiger partial charge is 0.462 e. The highest BCUT2D eigenvalue weighted by Crippen LogP contribution is 2.50. The molecule has 0 heterocycles. The first-order valence-electron chi connectivity index (χ1n) is 47.9. The topological polar surface area (TPSA) is 241 Å². The van der Waals surface area contributed by atoms with Crippen LogP contribution in [-0.4, -0.2) is 107 Å². The van der Waals surface area contributed by atoms with Crippen molar-refractivity contribution in [3.8, 4) is 0 Å². The molecule has 19 nitrogen and oxygen atoms in total. The SMILES string of the molecule is C=CCOP(=O)(OCCNC(=O)NCCOP(=O)(OCC=C)OCC(CCCC(CCCCCCCC)OC(=O)CCCCCCCCCCCC)NC(=O)CCCCCCCCCCCCC)OCC(CCCC(CCCCCCCC)OC(=O)CCCCCCCCCCCC)NC(=O)CCCCCCCCCCCCC. The number of rotatable bonds is 92. The predicted octanol–water partition coefficient (Wildman–Crippen LogP) is 27.6. The number of nitrogens with one attached hydrogen (secondary N) is 4. The van der Waals surface area contributed by atoms with E-state index in [0.29, 0.717) is 64.2 Å². The van der Waals surface area contributed by atoms with Crippen LogP contribution in [0.1, 0.15) is 465 Å². The Hall–Kier alpha value is -3.15. The van der Waals surface area contributed by atoms with Gasteiger partial charge in [0, 0.05) is 38.8 Å². The van der Waals surface area contributed by atoms with E-state index in [1.54, 1.807) is 0 Å². The molecule has 0 aliphatic heterocycles. The van der Waals surface area contributed by atoms with Gasteiger partial charge >= 0.3 is 33.6 Å². The normalized spacial score (nSPS) is 13.7. The van der Waals surface area contributed by atoms with Crippen LogP contribution in [0.15, 0.2) is 25.3 Å². The number of phosphoric ester groups is 2. The number of carbonyl (C=O) groups is 5. The van der Waals surface area contributed by atoms with Gasteiger partial charge in [-0.1, -0.05) is 362 Å². The molecule has 0 aromatic rings. The molecular weight excluding hydrogens is 1470 g/mol. The van der Waals surface area contributed by atoms with Gasteiger partial charge in [-0.2, -0.15) is 0 Å². The molecule has 0 saturated carbocycles. The second kappa shape index (κ2) is 84.9. The summed E-state index contributed by atoms with van der Waals surface area (Å²) in [5.74, 6) is -0.538. The lowest BCUT2D eigenvalue weighted by atomic mass is 10.0. The molecule has 114 heavy (non-hydrogen) atoms. The van der Waals surface area contributed by atoms with Crippen molar-refractivity contribution in [1.29, 1.82) is 0 Å². The Morgan fingerprint density at radius 2 is 0.526 bits per heavy atom. The Morgan fingerprint density at radius 3 is 0.789 bits per heavy atom. The fourth-order valence-corrected chi connectivity index (χ4v) is 16.9. The van der Waals surface area contributed by atoms with Crippen LogP contribution in [-0.2, 0) is 64.9 Å². The highest BCUT2D eigenvalue weighted by atomic mass is 31.2. The summed E-state index contributed by atoms with van der Waals surface area (Å²) in [4.78, 5) is 67.2. The number of amides is 4. The van der Waals surface area contributed by atoms with E-state index < -0.39 is 33.8 Å². The van der Waals surface area contributed by atoms with E-state index >= 15 is 0 Å². The lowest BCUT2D eigenvalue weighted by molar-refractivity contribution is -0.151. The van der Waals surface area contributed by atoms with Gasteiger partial charge in [-0.25, -0.2) is 13.9 Å². The van der Waals surface area contributed by atoms with Gasteiger partial charge in [-0.05, 0) is 89.9 Å². The van der Waals surface area contributed by atoms with Gasteiger partial charge in [-0.15, -0.1) is 13.2 Å². The lowest BCUT2D eigenvalue weighted by Gasteiger charge is -2.24. The summed E-state index contributed by atoms with van der Waals surface area (Å²) in [6, 6.07) is -1.72. The first-order valence-corrected chi connectivity index (χ1v) is 50.9. The van der Waals surface area contributed by atoms with Crippen LogP contribution < -0.4 is 21.3 Å². The standard InChI is InChI=1S/C93H180N4O15P2/c1-9-17-23-29-35-39-43-45-49-55-61-73-89(98)96-85(67-65-71-87(69-59-53-33-27-21-13-5)111-91(100)75-63-57-51-47-41-37-31-25-19-11-3)83-109-113(103,105-79-15-7)107-81-77-94-93(102)95-78-82-108-114(104,106-80-16-8)110-84-86(97-90(99)74-62-56-50-46-44-40-36-30-24-18-10-2)68-66-72-88(70-60-54-34-28-22-14-6)112-92(101)76-64-58-52-48-42-38-32-26-20-12-4/h15-16,85-88H,7-14,17-84H2,1-6H3,(H,96,98)(H,97,99)(H2,94,95,102). The number of hydrogen-bond acceptors (Lipinski definition) is 15. The Bertz CT molecular complexity index is 2150. The molecule has 4 N–H and O–H groups in total. The van der Waals surface area contributed by atoms with Crippen molar-refractivity contribution < 1.29 is 69.7 Å². The zero-order valence-corrected chi connectivity index (χ0v) is 76.5. The third kappa shape index (κ3) is 76.3. The van der Waals surface area contributed by atoms with E-state index in [-0.39, 0.29) is 88.7 Å². The molecule has 6 atom stereocenters.